The minimum atomic E-state index is 0.194. The summed E-state index contributed by atoms with van der Waals surface area (Å²) < 4.78 is 5.40. The van der Waals surface area contributed by atoms with E-state index in [1.54, 1.807) is 0 Å². The molecule has 1 aliphatic heterocycles. The van der Waals surface area contributed by atoms with Gasteiger partial charge in [0.05, 0.1) is 13.2 Å². The number of morpholine rings is 1. The highest BCUT2D eigenvalue weighted by atomic mass is 16.5. The number of amides is 1. The van der Waals surface area contributed by atoms with Gasteiger partial charge in [-0.25, -0.2) is 0 Å². The van der Waals surface area contributed by atoms with Gasteiger partial charge in [0, 0.05) is 31.6 Å². The third-order valence-electron chi connectivity index (χ3n) is 3.62. The monoisotopic (exact) mass is 256 g/mol. The van der Waals surface area contributed by atoms with Crippen molar-refractivity contribution >= 4 is 5.91 Å². The van der Waals surface area contributed by atoms with Crippen molar-refractivity contribution in [3.63, 3.8) is 0 Å². The Balaban J connectivity index is 2.46. The predicted molar refractivity (Wildman–Crippen MR) is 73.6 cm³/mol. The molecule has 1 amide bonds. The zero-order valence-electron chi connectivity index (χ0n) is 12.1. The summed E-state index contributed by atoms with van der Waals surface area (Å²) in [6.45, 7) is 9.60. The van der Waals surface area contributed by atoms with Crippen molar-refractivity contribution in [2.45, 2.75) is 58.5 Å². The highest BCUT2D eigenvalue weighted by Crippen LogP contribution is 2.10. The topological polar surface area (TPSA) is 41.6 Å². The second-order valence-corrected chi connectivity index (χ2v) is 5.13. The van der Waals surface area contributed by atoms with Crippen LogP contribution >= 0.6 is 0 Å². The Bertz CT molecular complexity index is 240. The smallest absolute Gasteiger partial charge is 0.224 e. The van der Waals surface area contributed by atoms with Crippen LogP contribution < -0.4 is 5.32 Å². The molecule has 1 N–H and O–H groups in total. The number of carbonyl (C=O) groups excluding carboxylic acids is 1. The van der Waals surface area contributed by atoms with Gasteiger partial charge in [0.2, 0.25) is 5.91 Å². The van der Waals surface area contributed by atoms with E-state index in [0.29, 0.717) is 19.1 Å². The molecule has 1 heterocycles. The summed E-state index contributed by atoms with van der Waals surface area (Å²) in [5.74, 6) is 0.265. The lowest BCUT2D eigenvalue weighted by Crippen LogP contribution is -2.47. The van der Waals surface area contributed by atoms with Crippen LogP contribution in [0.2, 0.25) is 0 Å². The summed E-state index contributed by atoms with van der Waals surface area (Å²) >= 11 is 0. The first kappa shape index (κ1) is 15.4. The predicted octanol–water partition coefficient (Wildman–Crippen LogP) is 1.79. The molecule has 1 aliphatic rings. The van der Waals surface area contributed by atoms with Crippen molar-refractivity contribution in [2.24, 2.45) is 0 Å². The lowest BCUT2D eigenvalue weighted by molar-refractivity contribution is -0.134. The summed E-state index contributed by atoms with van der Waals surface area (Å²) in [5.41, 5.74) is 0. The number of nitrogens with one attached hydrogen (secondary N) is 1. The van der Waals surface area contributed by atoms with Crippen LogP contribution in [-0.4, -0.2) is 49.2 Å². The van der Waals surface area contributed by atoms with Crippen LogP contribution in [0.3, 0.4) is 0 Å². The first-order chi connectivity index (χ1) is 8.69. The van der Waals surface area contributed by atoms with Crippen molar-refractivity contribution in [1.82, 2.24) is 10.2 Å². The summed E-state index contributed by atoms with van der Waals surface area (Å²) in [4.78, 5) is 14.4. The fourth-order valence-electron chi connectivity index (χ4n) is 2.22. The average molecular weight is 256 g/mol. The van der Waals surface area contributed by atoms with Crippen LogP contribution in [0, 0.1) is 0 Å². The zero-order valence-corrected chi connectivity index (χ0v) is 12.1. The molecule has 1 fully saturated rings. The van der Waals surface area contributed by atoms with Gasteiger partial charge in [-0.3, -0.25) is 4.79 Å². The van der Waals surface area contributed by atoms with Gasteiger partial charge in [0.1, 0.15) is 0 Å². The Hall–Kier alpha value is -0.610. The van der Waals surface area contributed by atoms with Crippen LogP contribution in [0.25, 0.3) is 0 Å². The average Bonchev–Trinajstić information content (AvgIpc) is 2.40. The first-order valence-corrected chi connectivity index (χ1v) is 7.29. The van der Waals surface area contributed by atoms with Gasteiger partial charge in [-0.05, 0) is 19.8 Å². The summed E-state index contributed by atoms with van der Waals surface area (Å²) in [5, 5.41) is 3.35. The molecule has 2 atom stereocenters. The molecule has 0 saturated carbocycles. The maximum absolute atomic E-state index is 12.3. The van der Waals surface area contributed by atoms with E-state index in [1.807, 2.05) is 4.90 Å². The van der Waals surface area contributed by atoms with E-state index in [4.69, 9.17) is 4.74 Å². The first-order valence-electron chi connectivity index (χ1n) is 7.29. The number of rotatable bonds is 7. The molecule has 0 bridgehead atoms. The molecule has 2 unspecified atom stereocenters. The highest BCUT2D eigenvalue weighted by Gasteiger charge is 2.23. The molecule has 0 aromatic carbocycles. The lowest BCUT2D eigenvalue weighted by atomic mass is 10.1. The van der Waals surface area contributed by atoms with Gasteiger partial charge in [-0.1, -0.05) is 20.3 Å². The molecular formula is C14H28N2O2. The number of hydrogen-bond donors (Lipinski definition) is 1. The molecule has 106 valence electrons. The van der Waals surface area contributed by atoms with Gasteiger partial charge < -0.3 is 15.0 Å². The van der Waals surface area contributed by atoms with E-state index in [2.05, 4.69) is 26.1 Å². The number of hydrogen-bond acceptors (Lipinski definition) is 3. The van der Waals surface area contributed by atoms with Crippen LogP contribution in [0.15, 0.2) is 0 Å². The summed E-state index contributed by atoms with van der Waals surface area (Å²) in [6, 6.07) is 0.535. The molecule has 1 saturated heterocycles. The number of unbranched alkanes of at least 4 members (excludes halogenated alkanes) is 1. The Labute approximate surface area is 111 Å². The molecular weight excluding hydrogens is 228 g/mol. The molecule has 4 nitrogen and oxygen atoms in total. The fraction of sp³-hybridized carbons (Fsp3) is 0.929. The van der Waals surface area contributed by atoms with Crippen LogP contribution in [0.1, 0.15) is 46.5 Å². The molecule has 0 aromatic rings. The molecule has 0 radical (unpaired) electrons. The molecule has 18 heavy (non-hydrogen) atoms. The fourth-order valence-corrected chi connectivity index (χ4v) is 2.22. The molecule has 4 heteroatoms. The van der Waals surface area contributed by atoms with Gasteiger partial charge >= 0.3 is 0 Å². The maximum atomic E-state index is 12.3. The van der Waals surface area contributed by atoms with Crippen molar-refractivity contribution in [3.8, 4) is 0 Å². The molecule has 1 rings (SSSR count). The summed E-state index contributed by atoms with van der Waals surface area (Å²) in [7, 11) is 0. The van der Waals surface area contributed by atoms with Gasteiger partial charge in [0.15, 0.2) is 0 Å². The molecule has 0 spiro atoms. The Morgan fingerprint density at radius 1 is 1.50 bits per heavy atom. The quantitative estimate of drug-likeness (QED) is 0.755. The van der Waals surface area contributed by atoms with Crippen molar-refractivity contribution in [1.29, 1.82) is 0 Å². The standard InChI is InChI=1S/C14H28N2O2/c1-4-6-8-16(12(3)5-2)14(17)10-13-11-18-9-7-15-13/h12-13,15H,4-11H2,1-3H3. The second-order valence-electron chi connectivity index (χ2n) is 5.13. The third-order valence-corrected chi connectivity index (χ3v) is 3.62. The third kappa shape index (κ3) is 4.94. The Morgan fingerprint density at radius 2 is 2.28 bits per heavy atom. The van der Waals surface area contributed by atoms with E-state index in [0.717, 1.165) is 39.0 Å². The summed E-state index contributed by atoms with van der Waals surface area (Å²) in [6.07, 6.45) is 3.80. The van der Waals surface area contributed by atoms with Gasteiger partial charge in [-0.15, -0.1) is 0 Å². The second kappa shape index (κ2) is 8.48. The van der Waals surface area contributed by atoms with Gasteiger partial charge in [-0.2, -0.15) is 0 Å². The zero-order chi connectivity index (χ0) is 13.4. The largest absolute Gasteiger partial charge is 0.378 e. The highest BCUT2D eigenvalue weighted by molar-refractivity contribution is 5.77. The molecule has 0 aliphatic carbocycles. The van der Waals surface area contributed by atoms with Crippen LogP contribution in [0.4, 0.5) is 0 Å². The normalized spacial score (nSPS) is 21.6. The van der Waals surface area contributed by atoms with Crippen LogP contribution in [-0.2, 0) is 9.53 Å². The van der Waals surface area contributed by atoms with Crippen molar-refractivity contribution < 1.29 is 9.53 Å². The Morgan fingerprint density at radius 3 is 2.83 bits per heavy atom. The van der Waals surface area contributed by atoms with E-state index >= 15 is 0 Å². The van der Waals surface area contributed by atoms with E-state index < -0.39 is 0 Å². The van der Waals surface area contributed by atoms with Crippen molar-refractivity contribution in [3.05, 3.63) is 0 Å². The SMILES string of the molecule is CCCCN(C(=O)CC1COCCN1)C(C)CC. The van der Waals surface area contributed by atoms with E-state index in [1.165, 1.54) is 0 Å². The van der Waals surface area contributed by atoms with Gasteiger partial charge in [0.25, 0.3) is 0 Å². The minimum Gasteiger partial charge on any atom is -0.378 e. The maximum Gasteiger partial charge on any atom is 0.224 e. The lowest BCUT2D eigenvalue weighted by Gasteiger charge is -2.31. The van der Waals surface area contributed by atoms with Crippen LogP contribution in [0.5, 0.6) is 0 Å². The minimum absolute atomic E-state index is 0.194. The van der Waals surface area contributed by atoms with E-state index in [9.17, 15) is 4.79 Å². The van der Waals surface area contributed by atoms with E-state index in [-0.39, 0.29) is 11.9 Å². The number of ether oxygens (including phenoxy) is 1. The molecule has 0 aromatic heterocycles. The van der Waals surface area contributed by atoms with Crippen molar-refractivity contribution in [2.75, 3.05) is 26.3 Å². The number of carbonyl (C=O) groups is 1. The Kier molecular flexibility index (Phi) is 7.28. The number of nitrogens with zero attached hydrogens (tertiary/aromatic N) is 1.